The third-order valence-corrected chi connectivity index (χ3v) is 6.55. The Balaban J connectivity index is 1.42. The van der Waals surface area contributed by atoms with Crippen LogP contribution in [0.4, 0.5) is 10.5 Å². The highest BCUT2D eigenvalue weighted by atomic mass is 16.5. The lowest BCUT2D eigenvalue weighted by atomic mass is 10.0. The topological polar surface area (TPSA) is 147 Å². The molecule has 10 heteroatoms. The van der Waals surface area contributed by atoms with Crippen LogP contribution < -0.4 is 16.0 Å². The number of fused-ring (bicyclic) bond motifs is 1. The highest BCUT2D eigenvalue weighted by molar-refractivity contribution is 6.08. The Morgan fingerprint density at radius 1 is 0.881 bits per heavy atom. The second-order valence-corrected chi connectivity index (χ2v) is 9.57. The smallest absolute Gasteiger partial charge is 0.407 e. The summed E-state index contributed by atoms with van der Waals surface area (Å²) in [5.41, 5.74) is 3.03. The number of para-hydroxylation sites is 2. The van der Waals surface area contributed by atoms with Gasteiger partial charge in [-0.2, -0.15) is 0 Å². The van der Waals surface area contributed by atoms with Crippen LogP contribution >= 0.6 is 0 Å². The van der Waals surface area contributed by atoms with Crippen molar-refractivity contribution in [1.29, 1.82) is 0 Å². The zero-order chi connectivity index (χ0) is 29.7. The van der Waals surface area contributed by atoms with Crippen molar-refractivity contribution in [3.05, 3.63) is 108 Å². The van der Waals surface area contributed by atoms with Gasteiger partial charge in [-0.1, -0.05) is 66.7 Å². The Bertz CT molecular complexity index is 1540. The number of pyridine rings is 1. The highest BCUT2D eigenvalue weighted by Gasteiger charge is 2.23. The van der Waals surface area contributed by atoms with Gasteiger partial charge < -0.3 is 25.8 Å². The van der Waals surface area contributed by atoms with Gasteiger partial charge in [0.25, 0.3) is 5.91 Å². The van der Waals surface area contributed by atoms with Crippen molar-refractivity contribution >= 4 is 40.5 Å². The first-order chi connectivity index (χ1) is 20.4. The molecule has 1 aromatic heterocycles. The Labute approximate surface area is 243 Å². The number of aryl methyl sites for hydroxylation is 1. The zero-order valence-corrected chi connectivity index (χ0v) is 22.9. The summed E-state index contributed by atoms with van der Waals surface area (Å²) >= 11 is 0. The number of nitrogens with zero attached hydrogens (tertiary/aromatic N) is 1. The predicted octanol–water partition coefficient (Wildman–Crippen LogP) is 4.70. The molecule has 0 saturated carbocycles. The van der Waals surface area contributed by atoms with E-state index in [1.807, 2.05) is 42.5 Å². The summed E-state index contributed by atoms with van der Waals surface area (Å²) < 4.78 is 5.23. The van der Waals surface area contributed by atoms with Crippen LogP contribution in [0.1, 0.15) is 40.7 Å². The average molecular weight is 569 g/mol. The first kappa shape index (κ1) is 29.7. The van der Waals surface area contributed by atoms with Gasteiger partial charge in [-0.15, -0.1) is 0 Å². The van der Waals surface area contributed by atoms with E-state index in [0.29, 0.717) is 34.1 Å². The number of carbonyl (C=O) groups excluding carboxylic acids is 3. The molecular formula is C32H32N4O6. The molecule has 1 heterocycles. The maximum atomic E-state index is 13.5. The molecule has 10 nitrogen and oxygen atoms in total. The number of hydrogen-bond acceptors (Lipinski definition) is 6. The van der Waals surface area contributed by atoms with Crippen LogP contribution in [0.5, 0.6) is 0 Å². The number of carbonyl (C=O) groups is 4. The van der Waals surface area contributed by atoms with Crippen molar-refractivity contribution in [2.45, 2.75) is 38.3 Å². The Kier molecular flexibility index (Phi) is 10.6. The van der Waals surface area contributed by atoms with Crippen LogP contribution in [0.3, 0.4) is 0 Å². The van der Waals surface area contributed by atoms with E-state index >= 15 is 0 Å². The molecule has 0 saturated heterocycles. The summed E-state index contributed by atoms with van der Waals surface area (Å²) in [5, 5.41) is 18.1. The van der Waals surface area contributed by atoms with Gasteiger partial charge in [0.1, 0.15) is 12.6 Å². The molecule has 0 radical (unpaired) electrons. The molecule has 3 aromatic carbocycles. The Morgan fingerprint density at radius 2 is 1.62 bits per heavy atom. The lowest BCUT2D eigenvalue weighted by Gasteiger charge is -2.20. The van der Waals surface area contributed by atoms with E-state index in [9.17, 15) is 19.2 Å². The summed E-state index contributed by atoms with van der Waals surface area (Å²) in [6.45, 7) is 0.357. The Morgan fingerprint density at radius 3 is 2.43 bits per heavy atom. The quantitative estimate of drug-likeness (QED) is 0.171. The van der Waals surface area contributed by atoms with Crippen LogP contribution in [-0.2, 0) is 27.4 Å². The van der Waals surface area contributed by atoms with Gasteiger partial charge in [-0.25, -0.2) is 4.79 Å². The number of hydrogen-bond donors (Lipinski definition) is 4. The predicted molar refractivity (Wildman–Crippen MR) is 158 cm³/mol. The van der Waals surface area contributed by atoms with Crippen LogP contribution in [0.25, 0.3) is 10.9 Å². The molecule has 0 fully saturated rings. The van der Waals surface area contributed by atoms with Gasteiger partial charge in [0.15, 0.2) is 0 Å². The number of rotatable bonds is 13. The van der Waals surface area contributed by atoms with E-state index in [4.69, 9.17) is 9.84 Å². The van der Waals surface area contributed by atoms with Crippen LogP contribution in [-0.4, -0.2) is 46.6 Å². The number of nitrogens with one attached hydrogen (secondary N) is 3. The summed E-state index contributed by atoms with van der Waals surface area (Å²) in [6, 6.07) is 24.1. The van der Waals surface area contributed by atoms with Gasteiger partial charge >= 0.3 is 12.1 Å². The van der Waals surface area contributed by atoms with Crippen molar-refractivity contribution in [3.8, 4) is 0 Å². The van der Waals surface area contributed by atoms with Crippen LogP contribution in [0, 0.1) is 0 Å². The third kappa shape index (κ3) is 8.62. The number of ether oxygens (including phenoxy) is 1. The minimum Gasteiger partial charge on any atom is -0.481 e. The maximum absolute atomic E-state index is 13.5. The molecular weight excluding hydrogens is 536 g/mol. The molecule has 42 heavy (non-hydrogen) atoms. The number of alkyl carbamates (subject to hydrolysis) is 1. The average Bonchev–Trinajstić information content (AvgIpc) is 3.01. The number of aromatic nitrogens is 1. The van der Waals surface area contributed by atoms with Crippen molar-refractivity contribution in [2.24, 2.45) is 0 Å². The van der Waals surface area contributed by atoms with E-state index in [1.165, 1.54) is 6.20 Å². The first-order valence-electron chi connectivity index (χ1n) is 13.6. The second kappa shape index (κ2) is 14.9. The van der Waals surface area contributed by atoms with E-state index in [1.54, 1.807) is 42.5 Å². The molecule has 3 amide bonds. The minimum absolute atomic E-state index is 0.0891. The monoisotopic (exact) mass is 568 g/mol. The maximum Gasteiger partial charge on any atom is 0.407 e. The van der Waals surface area contributed by atoms with Crippen LogP contribution in [0.15, 0.2) is 91.1 Å². The third-order valence-electron chi connectivity index (χ3n) is 6.55. The fourth-order valence-corrected chi connectivity index (χ4v) is 4.39. The SMILES string of the molecule is O=C(O)CCc1ccccc1NC(=O)[C@H](CCCNC(=O)OCc1ccccc1)NC(=O)c1ccnc2ccccc12. The largest absolute Gasteiger partial charge is 0.481 e. The molecule has 0 unspecified atom stereocenters. The fraction of sp³-hybridized carbons (Fsp3) is 0.219. The summed E-state index contributed by atoms with van der Waals surface area (Å²) in [6.07, 6.45) is 1.69. The van der Waals surface area contributed by atoms with Crippen molar-refractivity contribution < 1.29 is 29.0 Å². The highest BCUT2D eigenvalue weighted by Crippen LogP contribution is 2.19. The normalized spacial score (nSPS) is 11.3. The van der Waals surface area contributed by atoms with Crippen LogP contribution in [0.2, 0.25) is 0 Å². The summed E-state index contributed by atoms with van der Waals surface area (Å²) in [5.74, 6) is -1.85. The number of carboxylic acid groups (broad SMARTS) is 1. The first-order valence-corrected chi connectivity index (χ1v) is 13.6. The van der Waals surface area contributed by atoms with E-state index in [0.717, 1.165) is 5.56 Å². The fourth-order valence-electron chi connectivity index (χ4n) is 4.39. The van der Waals surface area contributed by atoms with Crippen molar-refractivity contribution in [3.63, 3.8) is 0 Å². The molecule has 0 aliphatic rings. The Hall–Kier alpha value is -5.25. The van der Waals surface area contributed by atoms with E-state index < -0.39 is 29.9 Å². The molecule has 0 aliphatic carbocycles. The number of amides is 3. The number of carboxylic acids is 1. The number of anilines is 1. The molecule has 0 spiro atoms. The molecule has 1 atom stereocenters. The standard InChI is InChI=1S/C32H32N4O6/c37-29(38)17-16-23-11-4-6-13-26(23)35-31(40)28(15-8-19-34-32(41)42-21-22-9-2-1-3-10-22)36-30(39)25-18-20-33-27-14-7-5-12-24(25)27/h1-7,9-14,18,20,28H,8,15-17,19,21H2,(H,34,41)(H,35,40)(H,36,39)(H,37,38)/t28-/m0/s1. The molecule has 0 bridgehead atoms. The number of benzene rings is 3. The second-order valence-electron chi connectivity index (χ2n) is 9.57. The summed E-state index contributed by atoms with van der Waals surface area (Å²) in [4.78, 5) is 54.3. The molecule has 4 rings (SSSR count). The van der Waals surface area contributed by atoms with Crippen molar-refractivity contribution in [2.75, 3.05) is 11.9 Å². The van der Waals surface area contributed by atoms with Crippen molar-refractivity contribution in [1.82, 2.24) is 15.6 Å². The van der Waals surface area contributed by atoms with Gasteiger partial charge in [-0.05, 0) is 48.6 Å². The molecule has 4 N–H and O–H groups in total. The van der Waals surface area contributed by atoms with E-state index in [2.05, 4.69) is 20.9 Å². The molecule has 0 aliphatic heterocycles. The van der Waals surface area contributed by atoms with Gasteiger partial charge in [0.2, 0.25) is 5.91 Å². The zero-order valence-electron chi connectivity index (χ0n) is 22.9. The lowest BCUT2D eigenvalue weighted by Crippen LogP contribution is -2.44. The van der Waals surface area contributed by atoms with E-state index in [-0.39, 0.29) is 32.4 Å². The van der Waals surface area contributed by atoms with Gasteiger partial charge in [0, 0.05) is 30.2 Å². The lowest BCUT2D eigenvalue weighted by molar-refractivity contribution is -0.137. The minimum atomic E-state index is -0.945. The number of aliphatic carboxylic acids is 1. The molecule has 4 aromatic rings. The molecule has 216 valence electrons. The van der Waals surface area contributed by atoms with Gasteiger partial charge in [0.05, 0.1) is 11.1 Å². The summed E-state index contributed by atoms with van der Waals surface area (Å²) in [7, 11) is 0. The van der Waals surface area contributed by atoms with Gasteiger partial charge in [-0.3, -0.25) is 19.4 Å².